The Morgan fingerprint density at radius 1 is 1.07 bits per heavy atom. The minimum Gasteiger partial charge on any atom is -0.497 e. The number of nitrogens with one attached hydrogen (secondary N) is 2. The van der Waals surface area contributed by atoms with Crippen molar-refractivity contribution in [3.8, 4) is 5.75 Å². The number of carbonyl (C=O) groups is 3. The van der Waals surface area contributed by atoms with Gasteiger partial charge in [0.05, 0.1) is 30.5 Å². The molecule has 0 saturated carbocycles. The van der Waals surface area contributed by atoms with Crippen LogP contribution in [0.4, 0.5) is 10.8 Å². The summed E-state index contributed by atoms with van der Waals surface area (Å²) in [7, 11) is 1.55. The van der Waals surface area contributed by atoms with Crippen molar-refractivity contribution >= 4 is 39.9 Å². The molecule has 3 amide bonds. The van der Waals surface area contributed by atoms with E-state index in [0.717, 1.165) is 0 Å². The highest BCUT2D eigenvalue weighted by molar-refractivity contribution is 7.14. The molecule has 148 valence electrons. The van der Waals surface area contributed by atoms with Crippen molar-refractivity contribution in [2.45, 2.75) is 6.42 Å². The van der Waals surface area contributed by atoms with Gasteiger partial charge in [-0.25, -0.2) is 4.98 Å². The maximum atomic E-state index is 12.3. The SMILES string of the molecule is COc1ccc(C(=O)Nc2nc(CC(=O)Nc3ccccc3C(N)=O)cs2)cc1. The van der Waals surface area contributed by atoms with Crippen molar-refractivity contribution in [1.29, 1.82) is 0 Å². The Morgan fingerprint density at radius 3 is 2.48 bits per heavy atom. The van der Waals surface area contributed by atoms with Gasteiger partial charge in [-0.3, -0.25) is 19.7 Å². The van der Waals surface area contributed by atoms with E-state index in [4.69, 9.17) is 10.5 Å². The summed E-state index contributed by atoms with van der Waals surface area (Å²) in [5.41, 5.74) is 6.83. The molecule has 0 spiro atoms. The normalized spacial score (nSPS) is 10.2. The number of nitrogens with two attached hydrogens (primary N) is 1. The summed E-state index contributed by atoms with van der Waals surface area (Å²) in [4.78, 5) is 40.2. The number of hydrogen-bond donors (Lipinski definition) is 3. The highest BCUT2D eigenvalue weighted by atomic mass is 32.1. The number of anilines is 2. The van der Waals surface area contributed by atoms with E-state index in [0.29, 0.717) is 27.8 Å². The quantitative estimate of drug-likeness (QED) is 0.552. The van der Waals surface area contributed by atoms with Gasteiger partial charge in [-0.1, -0.05) is 12.1 Å². The van der Waals surface area contributed by atoms with Crippen LogP contribution in [0.25, 0.3) is 0 Å². The lowest BCUT2D eigenvalue weighted by Gasteiger charge is -2.07. The van der Waals surface area contributed by atoms with Crippen LogP contribution < -0.4 is 21.1 Å². The van der Waals surface area contributed by atoms with Crippen LogP contribution in [0, 0.1) is 0 Å². The number of amides is 3. The molecule has 0 aliphatic heterocycles. The van der Waals surface area contributed by atoms with Crippen LogP contribution in [0.5, 0.6) is 5.75 Å². The summed E-state index contributed by atoms with van der Waals surface area (Å²) in [6.07, 6.45) is -0.0119. The number of primary amides is 1. The molecule has 0 fully saturated rings. The summed E-state index contributed by atoms with van der Waals surface area (Å²) in [5, 5.41) is 7.41. The van der Waals surface area contributed by atoms with Gasteiger partial charge < -0.3 is 15.8 Å². The molecule has 8 nitrogen and oxygen atoms in total. The molecule has 0 bridgehead atoms. The Balaban J connectivity index is 1.60. The van der Waals surface area contributed by atoms with E-state index in [1.807, 2.05) is 0 Å². The summed E-state index contributed by atoms with van der Waals surface area (Å²) < 4.78 is 5.06. The van der Waals surface area contributed by atoms with Gasteiger partial charge in [-0.05, 0) is 36.4 Å². The second kappa shape index (κ2) is 8.98. The maximum absolute atomic E-state index is 12.3. The van der Waals surface area contributed by atoms with Gasteiger partial charge in [0.2, 0.25) is 5.91 Å². The van der Waals surface area contributed by atoms with E-state index in [1.54, 1.807) is 55.0 Å². The predicted octanol–water partition coefficient (Wildman–Crippen LogP) is 2.68. The van der Waals surface area contributed by atoms with E-state index in [9.17, 15) is 14.4 Å². The number of carbonyl (C=O) groups excluding carboxylic acids is 3. The topological polar surface area (TPSA) is 123 Å². The van der Waals surface area contributed by atoms with Crippen molar-refractivity contribution < 1.29 is 19.1 Å². The average Bonchev–Trinajstić information content (AvgIpc) is 3.14. The molecule has 3 rings (SSSR count). The molecule has 1 aromatic heterocycles. The van der Waals surface area contributed by atoms with E-state index < -0.39 is 5.91 Å². The van der Waals surface area contributed by atoms with Crippen molar-refractivity contribution in [2.75, 3.05) is 17.7 Å². The number of aromatic nitrogens is 1. The predicted molar refractivity (Wildman–Crippen MR) is 110 cm³/mol. The molecule has 9 heteroatoms. The second-order valence-corrected chi connectivity index (χ2v) is 6.82. The zero-order valence-corrected chi connectivity index (χ0v) is 16.3. The third-order valence-electron chi connectivity index (χ3n) is 3.93. The zero-order chi connectivity index (χ0) is 20.8. The lowest BCUT2D eigenvalue weighted by atomic mass is 10.1. The number of methoxy groups -OCH3 is 1. The Labute approximate surface area is 170 Å². The smallest absolute Gasteiger partial charge is 0.257 e. The number of thiazole rings is 1. The molecule has 3 aromatic rings. The van der Waals surface area contributed by atoms with Crippen LogP contribution in [-0.4, -0.2) is 29.8 Å². The first-order valence-corrected chi connectivity index (χ1v) is 9.42. The molecule has 4 N–H and O–H groups in total. The minimum absolute atomic E-state index is 0.0119. The van der Waals surface area contributed by atoms with Gasteiger partial charge in [-0.2, -0.15) is 0 Å². The van der Waals surface area contributed by atoms with Crippen LogP contribution in [0.1, 0.15) is 26.4 Å². The Hall–Kier alpha value is -3.72. The largest absolute Gasteiger partial charge is 0.497 e. The van der Waals surface area contributed by atoms with Gasteiger partial charge in [0.1, 0.15) is 5.75 Å². The summed E-state index contributed by atoms with van der Waals surface area (Å²) >= 11 is 1.21. The summed E-state index contributed by atoms with van der Waals surface area (Å²) in [6.45, 7) is 0. The number of benzene rings is 2. The first kappa shape index (κ1) is 20.0. The van der Waals surface area contributed by atoms with Crippen LogP contribution in [0.2, 0.25) is 0 Å². The van der Waals surface area contributed by atoms with E-state index in [-0.39, 0.29) is 23.8 Å². The lowest BCUT2D eigenvalue weighted by Crippen LogP contribution is -2.19. The molecule has 0 radical (unpaired) electrons. The number of hydrogen-bond acceptors (Lipinski definition) is 6. The molecule has 0 unspecified atom stereocenters. The van der Waals surface area contributed by atoms with Crippen molar-refractivity contribution in [2.24, 2.45) is 5.73 Å². The Bertz CT molecular complexity index is 1050. The van der Waals surface area contributed by atoms with Crippen LogP contribution in [-0.2, 0) is 11.2 Å². The van der Waals surface area contributed by atoms with Crippen molar-refractivity contribution in [3.05, 3.63) is 70.7 Å². The maximum Gasteiger partial charge on any atom is 0.257 e. The minimum atomic E-state index is -0.627. The third kappa shape index (κ3) is 5.17. The molecule has 2 aromatic carbocycles. The van der Waals surface area contributed by atoms with Gasteiger partial charge in [0.15, 0.2) is 5.13 Å². The van der Waals surface area contributed by atoms with Gasteiger partial charge in [0, 0.05) is 10.9 Å². The van der Waals surface area contributed by atoms with Crippen LogP contribution in [0.15, 0.2) is 53.9 Å². The van der Waals surface area contributed by atoms with Gasteiger partial charge in [0.25, 0.3) is 11.8 Å². The fourth-order valence-electron chi connectivity index (χ4n) is 2.52. The summed E-state index contributed by atoms with van der Waals surface area (Å²) in [5.74, 6) is -0.634. The number of para-hydroxylation sites is 1. The highest BCUT2D eigenvalue weighted by Gasteiger charge is 2.14. The molecule has 0 aliphatic carbocycles. The Morgan fingerprint density at radius 2 is 1.79 bits per heavy atom. The second-order valence-electron chi connectivity index (χ2n) is 5.96. The number of nitrogens with zero attached hydrogens (tertiary/aromatic N) is 1. The first-order valence-electron chi connectivity index (χ1n) is 8.54. The number of rotatable bonds is 7. The standard InChI is InChI=1S/C20H18N4O4S/c1-28-14-8-6-12(7-9-14)19(27)24-20-22-13(11-29-20)10-17(25)23-16-5-3-2-4-15(16)18(21)26/h2-9,11H,10H2,1H3,(H2,21,26)(H,23,25)(H,22,24,27). The third-order valence-corrected chi connectivity index (χ3v) is 4.74. The fourth-order valence-corrected chi connectivity index (χ4v) is 3.23. The van der Waals surface area contributed by atoms with E-state index in [1.165, 1.54) is 17.4 Å². The van der Waals surface area contributed by atoms with E-state index >= 15 is 0 Å². The van der Waals surface area contributed by atoms with Gasteiger partial charge in [-0.15, -0.1) is 11.3 Å². The molecular weight excluding hydrogens is 392 g/mol. The monoisotopic (exact) mass is 410 g/mol. The molecule has 0 aliphatic rings. The van der Waals surface area contributed by atoms with Crippen LogP contribution in [0.3, 0.4) is 0 Å². The average molecular weight is 410 g/mol. The molecule has 1 heterocycles. The van der Waals surface area contributed by atoms with Gasteiger partial charge >= 0.3 is 0 Å². The first-order chi connectivity index (χ1) is 14.0. The highest BCUT2D eigenvalue weighted by Crippen LogP contribution is 2.19. The number of ether oxygens (including phenoxy) is 1. The zero-order valence-electron chi connectivity index (χ0n) is 15.5. The van der Waals surface area contributed by atoms with Crippen molar-refractivity contribution in [3.63, 3.8) is 0 Å². The van der Waals surface area contributed by atoms with E-state index in [2.05, 4.69) is 15.6 Å². The molecule has 0 saturated heterocycles. The molecular formula is C20H18N4O4S. The van der Waals surface area contributed by atoms with Crippen LogP contribution >= 0.6 is 11.3 Å². The summed E-state index contributed by atoms with van der Waals surface area (Å²) in [6, 6.07) is 13.2. The molecule has 29 heavy (non-hydrogen) atoms. The molecule has 0 atom stereocenters. The van der Waals surface area contributed by atoms with Crippen molar-refractivity contribution in [1.82, 2.24) is 4.98 Å². The lowest BCUT2D eigenvalue weighted by molar-refractivity contribution is -0.115. The fraction of sp³-hybridized carbons (Fsp3) is 0.100. The Kier molecular flexibility index (Phi) is 6.20.